The van der Waals surface area contributed by atoms with Crippen LogP contribution in [-0.4, -0.2) is 48.3 Å². The summed E-state index contributed by atoms with van der Waals surface area (Å²) in [4.78, 5) is 27.0. The highest BCUT2D eigenvalue weighted by Gasteiger charge is 2.49. The Hall–Kier alpha value is -3.68. The molecule has 0 aromatic heterocycles. The lowest BCUT2D eigenvalue weighted by molar-refractivity contribution is -0.132. The molecule has 7 heteroatoms. The van der Waals surface area contributed by atoms with E-state index in [-0.39, 0.29) is 13.2 Å². The van der Waals surface area contributed by atoms with Gasteiger partial charge in [0.05, 0.1) is 26.4 Å². The molecule has 1 aliphatic heterocycles. The van der Waals surface area contributed by atoms with Gasteiger partial charge < -0.3 is 19.9 Å². The first-order valence-electron chi connectivity index (χ1n) is 11.5. The van der Waals surface area contributed by atoms with E-state index in [2.05, 4.69) is 5.32 Å². The number of hydrogen-bond acceptors (Lipinski definition) is 5. The summed E-state index contributed by atoms with van der Waals surface area (Å²) in [7, 11) is 1.54. The number of benzene rings is 3. The van der Waals surface area contributed by atoms with E-state index in [0.29, 0.717) is 11.3 Å². The molecule has 1 saturated heterocycles. The first-order valence-corrected chi connectivity index (χ1v) is 11.5. The second-order valence-electron chi connectivity index (χ2n) is 8.89. The largest absolute Gasteiger partial charge is 0.497 e. The van der Waals surface area contributed by atoms with Gasteiger partial charge in [0.2, 0.25) is 0 Å². The zero-order valence-corrected chi connectivity index (χ0v) is 20.1. The number of aryl methyl sites for hydroxylation is 1. The number of nitrogens with zero attached hydrogens (tertiary/aromatic N) is 1. The van der Waals surface area contributed by atoms with E-state index in [4.69, 9.17) is 9.47 Å². The molecule has 3 aromatic carbocycles. The summed E-state index contributed by atoms with van der Waals surface area (Å²) >= 11 is 0. The molecule has 1 heterocycles. The van der Waals surface area contributed by atoms with Crippen LogP contribution < -0.4 is 10.1 Å². The first kappa shape index (κ1) is 24.4. The van der Waals surface area contributed by atoms with E-state index in [1.165, 1.54) is 0 Å². The molecule has 3 aromatic rings. The van der Waals surface area contributed by atoms with E-state index in [1.54, 1.807) is 38.3 Å². The van der Waals surface area contributed by atoms with Crippen LogP contribution in [0.25, 0.3) is 0 Å². The lowest BCUT2D eigenvalue weighted by Gasteiger charge is -2.24. The number of carbonyl (C=O) groups excluding carboxylic acids is 2. The number of aliphatic hydroxyl groups is 1. The molecular weight excluding hydrogens is 444 g/mol. The van der Waals surface area contributed by atoms with Gasteiger partial charge in [-0.3, -0.25) is 9.69 Å². The highest BCUT2D eigenvalue weighted by atomic mass is 16.5. The van der Waals surface area contributed by atoms with Crippen molar-refractivity contribution in [1.82, 2.24) is 10.2 Å². The van der Waals surface area contributed by atoms with E-state index < -0.39 is 29.7 Å². The maximum atomic E-state index is 13.2. The highest BCUT2D eigenvalue weighted by Crippen LogP contribution is 2.31. The Morgan fingerprint density at radius 2 is 1.66 bits per heavy atom. The van der Waals surface area contributed by atoms with Crippen LogP contribution >= 0.6 is 0 Å². The third-order valence-corrected chi connectivity index (χ3v) is 6.25. The average Bonchev–Trinajstić information content (AvgIpc) is 3.09. The van der Waals surface area contributed by atoms with Gasteiger partial charge in [0.1, 0.15) is 17.4 Å². The molecule has 0 radical (unpaired) electrons. The van der Waals surface area contributed by atoms with Gasteiger partial charge in [0.25, 0.3) is 5.91 Å². The van der Waals surface area contributed by atoms with E-state index >= 15 is 0 Å². The monoisotopic (exact) mass is 474 g/mol. The van der Waals surface area contributed by atoms with Crippen LogP contribution in [0.3, 0.4) is 0 Å². The zero-order valence-electron chi connectivity index (χ0n) is 20.1. The second kappa shape index (κ2) is 10.3. The highest BCUT2D eigenvalue weighted by molar-refractivity contribution is 6.07. The van der Waals surface area contributed by atoms with Crippen LogP contribution in [0.15, 0.2) is 78.9 Å². The van der Waals surface area contributed by atoms with Crippen molar-refractivity contribution in [1.29, 1.82) is 0 Å². The van der Waals surface area contributed by atoms with E-state index in [9.17, 15) is 14.7 Å². The molecule has 1 aliphatic rings. The smallest absolute Gasteiger partial charge is 0.325 e. The minimum absolute atomic E-state index is 0.0552. The Kier molecular flexibility index (Phi) is 7.19. The summed E-state index contributed by atoms with van der Waals surface area (Å²) in [6, 6.07) is 24.2. The van der Waals surface area contributed by atoms with Gasteiger partial charge >= 0.3 is 6.03 Å². The predicted molar refractivity (Wildman–Crippen MR) is 132 cm³/mol. The van der Waals surface area contributed by atoms with Gasteiger partial charge in [-0.05, 0) is 42.7 Å². The predicted octanol–water partition coefficient (Wildman–Crippen LogP) is 3.94. The lowest BCUT2D eigenvalue weighted by Crippen LogP contribution is -2.42. The van der Waals surface area contributed by atoms with Crippen molar-refractivity contribution in [3.05, 3.63) is 101 Å². The van der Waals surface area contributed by atoms with Crippen molar-refractivity contribution in [2.75, 3.05) is 20.3 Å². The first-order chi connectivity index (χ1) is 16.8. The number of methoxy groups -OCH3 is 1. The summed E-state index contributed by atoms with van der Waals surface area (Å²) < 4.78 is 11.4. The molecular formula is C28H30N2O5. The number of β-amino-alcohol motifs (C(OH)–C–C–N with tert-alkyl or cyclic N) is 1. The lowest BCUT2D eigenvalue weighted by atomic mass is 9.92. The van der Waals surface area contributed by atoms with Crippen LogP contribution in [0.1, 0.15) is 35.3 Å². The van der Waals surface area contributed by atoms with Crippen molar-refractivity contribution in [2.45, 2.75) is 31.6 Å². The van der Waals surface area contributed by atoms with Crippen molar-refractivity contribution < 1.29 is 24.2 Å². The summed E-state index contributed by atoms with van der Waals surface area (Å²) in [5.74, 6) is 0.147. The van der Waals surface area contributed by atoms with Crippen molar-refractivity contribution >= 4 is 11.9 Å². The quantitative estimate of drug-likeness (QED) is 0.459. The molecule has 0 aliphatic carbocycles. The Bertz CT molecular complexity index is 1180. The Morgan fingerprint density at radius 1 is 0.971 bits per heavy atom. The van der Waals surface area contributed by atoms with Crippen LogP contribution in [0.2, 0.25) is 0 Å². The van der Waals surface area contributed by atoms with Crippen LogP contribution in [0, 0.1) is 6.92 Å². The molecule has 0 saturated carbocycles. The van der Waals surface area contributed by atoms with Crippen molar-refractivity contribution in [3.8, 4) is 5.75 Å². The summed E-state index contributed by atoms with van der Waals surface area (Å²) in [5.41, 5.74) is 2.39. The van der Waals surface area contributed by atoms with Gasteiger partial charge in [-0.1, -0.05) is 72.3 Å². The van der Waals surface area contributed by atoms with Crippen molar-refractivity contribution in [2.24, 2.45) is 0 Å². The Morgan fingerprint density at radius 3 is 2.34 bits per heavy atom. The fraction of sp³-hybridized carbons (Fsp3) is 0.286. The average molecular weight is 475 g/mol. The summed E-state index contributed by atoms with van der Waals surface area (Å²) in [6.45, 7) is 3.43. The normalized spacial score (nSPS) is 19.4. The second-order valence-corrected chi connectivity index (χ2v) is 8.89. The maximum Gasteiger partial charge on any atom is 0.325 e. The van der Waals surface area contributed by atoms with E-state index in [1.807, 2.05) is 61.5 Å². The van der Waals surface area contributed by atoms with Gasteiger partial charge in [-0.15, -0.1) is 0 Å². The fourth-order valence-electron chi connectivity index (χ4n) is 4.22. The molecule has 3 atom stereocenters. The molecule has 182 valence electrons. The number of imide groups is 1. The summed E-state index contributed by atoms with van der Waals surface area (Å²) in [5, 5.41) is 13.5. The van der Waals surface area contributed by atoms with Gasteiger partial charge in [0, 0.05) is 0 Å². The molecule has 2 N–H and O–H groups in total. The van der Waals surface area contributed by atoms with Crippen LogP contribution in [0.5, 0.6) is 5.75 Å². The Labute approximate surface area is 205 Å². The number of carbonyl (C=O) groups is 2. The molecule has 4 rings (SSSR count). The number of ether oxygens (including phenoxy) is 2. The number of amides is 3. The zero-order chi connectivity index (χ0) is 25.0. The maximum absolute atomic E-state index is 13.2. The number of rotatable bonds is 9. The third-order valence-electron chi connectivity index (χ3n) is 6.25. The van der Waals surface area contributed by atoms with Gasteiger partial charge in [-0.25, -0.2) is 4.79 Å². The third kappa shape index (κ3) is 5.21. The Balaban J connectivity index is 1.46. The topological polar surface area (TPSA) is 88.1 Å². The van der Waals surface area contributed by atoms with Crippen molar-refractivity contribution in [3.63, 3.8) is 0 Å². The molecule has 35 heavy (non-hydrogen) atoms. The van der Waals surface area contributed by atoms with E-state index in [0.717, 1.165) is 21.6 Å². The molecule has 3 amide bonds. The number of hydrogen-bond donors (Lipinski definition) is 2. The summed E-state index contributed by atoms with van der Waals surface area (Å²) in [6.07, 6.45) is -1.45. The number of aliphatic hydroxyl groups excluding tert-OH is 1. The van der Waals surface area contributed by atoms with Crippen LogP contribution in [0.4, 0.5) is 4.79 Å². The molecule has 0 spiro atoms. The standard InChI is InChI=1S/C28H30N2O5/c1-19-12-14-21(15-13-19)25(20-8-5-4-6-9-20)35-18-23(31)17-30-26(32)28(2,29-27(30)33)22-10-7-11-24(16-22)34-3/h4-16,23,25,31H,17-18H2,1-3H3,(H,29,33)/t23-,25+,28-/m0/s1. The number of nitrogens with one attached hydrogen (secondary N) is 1. The number of urea groups is 1. The minimum atomic E-state index is -1.25. The van der Waals surface area contributed by atoms with Gasteiger partial charge in [-0.2, -0.15) is 0 Å². The SMILES string of the molecule is COc1cccc([C@]2(C)NC(=O)N(C[C@H](O)CO[C@H](c3ccccc3)c3ccc(C)cc3)C2=O)c1. The molecule has 1 fully saturated rings. The van der Waals surface area contributed by atoms with Gasteiger partial charge in [0.15, 0.2) is 0 Å². The molecule has 0 unspecified atom stereocenters. The fourth-order valence-corrected chi connectivity index (χ4v) is 4.22. The molecule has 7 nitrogen and oxygen atoms in total. The molecule has 0 bridgehead atoms. The minimum Gasteiger partial charge on any atom is -0.497 e. The van der Waals surface area contributed by atoms with Crippen LogP contribution in [-0.2, 0) is 15.1 Å².